The lowest BCUT2D eigenvalue weighted by Crippen LogP contribution is -2.24. The van der Waals surface area contributed by atoms with Gasteiger partial charge in [0.25, 0.3) is 0 Å². The van der Waals surface area contributed by atoms with Crippen LogP contribution in [0.4, 0.5) is 10.1 Å². The average molecular weight is 308 g/mol. The van der Waals surface area contributed by atoms with Crippen LogP contribution in [0.15, 0.2) is 47.4 Å². The third-order valence-corrected chi connectivity index (χ3v) is 4.62. The second-order valence-corrected chi connectivity index (χ2v) is 6.40. The van der Waals surface area contributed by atoms with E-state index in [0.29, 0.717) is 11.3 Å². The Labute approximate surface area is 123 Å². The fourth-order valence-corrected chi connectivity index (χ4v) is 3.00. The summed E-state index contributed by atoms with van der Waals surface area (Å²) in [4.78, 5) is 0.0774. The number of nitrogens with two attached hydrogens (primary N) is 1. The van der Waals surface area contributed by atoms with E-state index in [-0.39, 0.29) is 11.4 Å². The SMILES string of the molecule is CCc1ccc(S(=O)(=O)NCc2ccccc2F)cc1N. The zero-order valence-corrected chi connectivity index (χ0v) is 12.5. The monoisotopic (exact) mass is 308 g/mol. The molecule has 112 valence electrons. The first-order valence-corrected chi connectivity index (χ1v) is 8.04. The molecule has 0 unspecified atom stereocenters. The van der Waals surface area contributed by atoms with Crippen molar-refractivity contribution in [2.24, 2.45) is 0 Å². The molecule has 0 fully saturated rings. The van der Waals surface area contributed by atoms with Gasteiger partial charge in [0.2, 0.25) is 10.0 Å². The summed E-state index contributed by atoms with van der Waals surface area (Å²) < 4.78 is 40.2. The molecule has 0 bridgehead atoms. The number of halogens is 1. The summed E-state index contributed by atoms with van der Waals surface area (Å²) in [5.74, 6) is -0.443. The van der Waals surface area contributed by atoms with Crippen molar-refractivity contribution in [1.29, 1.82) is 0 Å². The number of aryl methyl sites for hydroxylation is 1. The minimum absolute atomic E-state index is 0.0774. The topological polar surface area (TPSA) is 72.2 Å². The molecule has 0 aliphatic rings. The summed E-state index contributed by atoms with van der Waals surface area (Å²) in [5.41, 5.74) is 7.43. The zero-order valence-electron chi connectivity index (χ0n) is 11.6. The maximum absolute atomic E-state index is 13.5. The molecule has 2 aromatic carbocycles. The molecule has 6 heteroatoms. The minimum atomic E-state index is -3.72. The predicted molar refractivity (Wildman–Crippen MR) is 80.7 cm³/mol. The number of nitrogens with one attached hydrogen (secondary N) is 1. The first-order valence-electron chi connectivity index (χ1n) is 6.55. The van der Waals surface area contributed by atoms with Crippen LogP contribution in [0.2, 0.25) is 0 Å². The van der Waals surface area contributed by atoms with E-state index in [1.54, 1.807) is 18.2 Å². The summed E-state index contributed by atoms with van der Waals surface area (Å²) in [6, 6.07) is 10.6. The van der Waals surface area contributed by atoms with Gasteiger partial charge in [-0.3, -0.25) is 0 Å². The van der Waals surface area contributed by atoms with Gasteiger partial charge in [0, 0.05) is 17.8 Å². The Morgan fingerprint density at radius 2 is 1.86 bits per heavy atom. The van der Waals surface area contributed by atoms with Crippen LogP contribution in [-0.2, 0) is 23.0 Å². The maximum atomic E-state index is 13.5. The van der Waals surface area contributed by atoms with Crippen LogP contribution in [-0.4, -0.2) is 8.42 Å². The molecule has 2 aromatic rings. The van der Waals surface area contributed by atoms with Gasteiger partial charge in [0.15, 0.2) is 0 Å². The molecule has 0 aliphatic carbocycles. The number of anilines is 1. The number of sulfonamides is 1. The van der Waals surface area contributed by atoms with Crippen LogP contribution in [0.3, 0.4) is 0 Å². The van der Waals surface area contributed by atoms with E-state index in [1.807, 2.05) is 6.92 Å². The van der Waals surface area contributed by atoms with Gasteiger partial charge in [-0.1, -0.05) is 31.2 Å². The molecule has 21 heavy (non-hydrogen) atoms. The molecule has 0 amide bonds. The molecule has 0 spiro atoms. The summed E-state index contributed by atoms with van der Waals surface area (Å²) in [7, 11) is -3.72. The van der Waals surface area contributed by atoms with Crippen molar-refractivity contribution < 1.29 is 12.8 Å². The van der Waals surface area contributed by atoms with Gasteiger partial charge in [-0.05, 0) is 30.2 Å². The lowest BCUT2D eigenvalue weighted by atomic mass is 10.1. The lowest BCUT2D eigenvalue weighted by Gasteiger charge is -2.10. The fraction of sp³-hybridized carbons (Fsp3) is 0.200. The smallest absolute Gasteiger partial charge is 0.240 e. The van der Waals surface area contributed by atoms with Gasteiger partial charge >= 0.3 is 0 Å². The van der Waals surface area contributed by atoms with Crippen molar-refractivity contribution in [2.75, 3.05) is 5.73 Å². The second-order valence-electron chi connectivity index (χ2n) is 4.63. The van der Waals surface area contributed by atoms with Crippen LogP contribution >= 0.6 is 0 Å². The first kappa shape index (κ1) is 15.5. The molecule has 3 N–H and O–H groups in total. The van der Waals surface area contributed by atoms with E-state index in [0.717, 1.165) is 12.0 Å². The van der Waals surface area contributed by atoms with Crippen molar-refractivity contribution in [3.05, 3.63) is 59.4 Å². The Bertz CT molecular complexity index is 745. The maximum Gasteiger partial charge on any atom is 0.240 e. The quantitative estimate of drug-likeness (QED) is 0.833. The van der Waals surface area contributed by atoms with Gasteiger partial charge in [0.05, 0.1) is 4.90 Å². The zero-order chi connectivity index (χ0) is 15.5. The molecular formula is C15H17FN2O2S. The van der Waals surface area contributed by atoms with Gasteiger partial charge in [-0.2, -0.15) is 0 Å². The summed E-state index contributed by atoms with van der Waals surface area (Å²) in [6.45, 7) is 1.83. The number of hydrogen-bond donors (Lipinski definition) is 2. The van der Waals surface area contributed by atoms with Crippen molar-refractivity contribution in [1.82, 2.24) is 4.72 Å². The summed E-state index contributed by atoms with van der Waals surface area (Å²) in [6.07, 6.45) is 0.731. The third kappa shape index (κ3) is 3.59. The highest BCUT2D eigenvalue weighted by atomic mass is 32.2. The Balaban J connectivity index is 2.19. The van der Waals surface area contributed by atoms with E-state index in [9.17, 15) is 12.8 Å². The van der Waals surface area contributed by atoms with Crippen LogP contribution < -0.4 is 10.5 Å². The molecule has 2 rings (SSSR count). The molecule has 0 saturated heterocycles. The highest BCUT2D eigenvalue weighted by Crippen LogP contribution is 2.19. The van der Waals surface area contributed by atoms with Crippen molar-refractivity contribution in [3.63, 3.8) is 0 Å². The minimum Gasteiger partial charge on any atom is -0.398 e. The number of benzene rings is 2. The van der Waals surface area contributed by atoms with Crippen molar-refractivity contribution in [2.45, 2.75) is 24.8 Å². The van der Waals surface area contributed by atoms with E-state index < -0.39 is 15.8 Å². The Morgan fingerprint density at radius 1 is 1.14 bits per heavy atom. The van der Waals surface area contributed by atoms with E-state index >= 15 is 0 Å². The number of nitrogen functional groups attached to an aromatic ring is 1. The van der Waals surface area contributed by atoms with Crippen LogP contribution in [0.1, 0.15) is 18.1 Å². The lowest BCUT2D eigenvalue weighted by molar-refractivity contribution is 0.574. The van der Waals surface area contributed by atoms with E-state index in [1.165, 1.54) is 24.3 Å². The average Bonchev–Trinajstić information content (AvgIpc) is 2.46. The first-order chi connectivity index (χ1) is 9.94. The molecule has 0 atom stereocenters. The Hall–Kier alpha value is -1.92. The Kier molecular flexibility index (Phi) is 4.59. The van der Waals surface area contributed by atoms with E-state index in [2.05, 4.69) is 4.72 Å². The summed E-state index contributed by atoms with van der Waals surface area (Å²) >= 11 is 0. The molecule has 4 nitrogen and oxygen atoms in total. The number of rotatable bonds is 5. The van der Waals surface area contributed by atoms with Gasteiger partial charge in [-0.25, -0.2) is 17.5 Å². The van der Waals surface area contributed by atoms with Crippen molar-refractivity contribution >= 4 is 15.7 Å². The van der Waals surface area contributed by atoms with Crippen LogP contribution in [0.25, 0.3) is 0 Å². The molecule has 0 aliphatic heterocycles. The van der Waals surface area contributed by atoms with Crippen molar-refractivity contribution in [3.8, 4) is 0 Å². The molecule has 0 heterocycles. The normalized spacial score (nSPS) is 11.5. The fourth-order valence-electron chi connectivity index (χ4n) is 1.96. The predicted octanol–water partition coefficient (Wildman–Crippen LogP) is 2.45. The van der Waals surface area contributed by atoms with E-state index in [4.69, 9.17) is 5.73 Å². The standard InChI is InChI=1S/C15H17FN2O2S/c1-2-11-7-8-13(9-15(11)17)21(19,20)18-10-12-5-3-4-6-14(12)16/h3-9,18H,2,10,17H2,1H3. The van der Waals surface area contributed by atoms with Gasteiger partial charge in [-0.15, -0.1) is 0 Å². The van der Waals surface area contributed by atoms with Gasteiger partial charge < -0.3 is 5.73 Å². The third-order valence-electron chi connectivity index (χ3n) is 3.22. The Morgan fingerprint density at radius 3 is 2.48 bits per heavy atom. The molecule has 0 saturated carbocycles. The highest BCUT2D eigenvalue weighted by molar-refractivity contribution is 7.89. The second kappa shape index (κ2) is 6.24. The van der Waals surface area contributed by atoms with Crippen LogP contribution in [0.5, 0.6) is 0 Å². The van der Waals surface area contributed by atoms with Crippen LogP contribution in [0, 0.1) is 5.82 Å². The molecular weight excluding hydrogens is 291 g/mol. The van der Waals surface area contributed by atoms with Gasteiger partial charge in [0.1, 0.15) is 5.82 Å². The highest BCUT2D eigenvalue weighted by Gasteiger charge is 2.15. The number of hydrogen-bond acceptors (Lipinski definition) is 3. The summed E-state index contributed by atoms with van der Waals surface area (Å²) in [5, 5.41) is 0. The molecule has 0 radical (unpaired) electrons. The molecule has 0 aromatic heterocycles. The largest absolute Gasteiger partial charge is 0.398 e.